The lowest BCUT2D eigenvalue weighted by Crippen LogP contribution is -2.49. The maximum absolute atomic E-state index is 13.1. The first-order valence-corrected chi connectivity index (χ1v) is 12.9. The molecule has 9 nitrogen and oxygen atoms in total. The lowest BCUT2D eigenvalue weighted by molar-refractivity contribution is -0.123. The number of pyridine rings is 1. The second kappa shape index (κ2) is 9.66. The molecule has 0 aliphatic carbocycles. The molecule has 0 saturated carbocycles. The number of carbonyl (C=O) groups excluding carboxylic acids is 1. The highest BCUT2D eigenvalue weighted by atomic mass is 35.5. The number of benzene rings is 1. The number of hydrogen-bond acceptors (Lipinski definition) is 6. The van der Waals surface area contributed by atoms with Crippen molar-refractivity contribution in [3.05, 3.63) is 49.9 Å². The third-order valence-corrected chi connectivity index (χ3v) is 7.76. The Morgan fingerprint density at radius 3 is 2.54 bits per heavy atom. The van der Waals surface area contributed by atoms with Gasteiger partial charge in [-0.15, -0.1) is 11.8 Å². The van der Waals surface area contributed by atoms with Gasteiger partial charge < -0.3 is 29.8 Å². The van der Waals surface area contributed by atoms with E-state index in [4.69, 9.17) is 21.1 Å². The Morgan fingerprint density at radius 2 is 1.91 bits per heavy atom. The molecule has 0 bridgehead atoms. The predicted octanol–water partition coefficient (Wildman–Crippen LogP) is 4.17. The molecule has 2 amide bonds. The van der Waals surface area contributed by atoms with Crippen LogP contribution in [0.1, 0.15) is 46.9 Å². The summed E-state index contributed by atoms with van der Waals surface area (Å²) >= 11 is 7.94. The van der Waals surface area contributed by atoms with Gasteiger partial charge in [-0.2, -0.15) is 0 Å². The monoisotopic (exact) mass is 521 g/mol. The minimum Gasteiger partial charge on any atom is -0.465 e. The number of carboxylic acid groups (broad SMARTS) is 1. The molecule has 3 heterocycles. The van der Waals surface area contributed by atoms with E-state index in [0.717, 1.165) is 10.6 Å². The van der Waals surface area contributed by atoms with Crippen LogP contribution in [-0.2, 0) is 6.54 Å². The van der Waals surface area contributed by atoms with Gasteiger partial charge >= 0.3 is 6.09 Å². The smallest absolute Gasteiger partial charge is 0.407 e. The third-order valence-electron chi connectivity index (χ3n) is 6.68. The van der Waals surface area contributed by atoms with Gasteiger partial charge in [-0.3, -0.25) is 9.59 Å². The number of fused-ring (bicyclic) bond motifs is 1. The summed E-state index contributed by atoms with van der Waals surface area (Å²) < 4.78 is 12.4. The number of aromatic amines is 1. The molecule has 188 valence electrons. The number of rotatable bonds is 5. The summed E-state index contributed by atoms with van der Waals surface area (Å²) in [6.07, 6.45) is 2.12. The van der Waals surface area contributed by atoms with Gasteiger partial charge in [0, 0.05) is 59.8 Å². The zero-order valence-electron chi connectivity index (χ0n) is 20.0. The summed E-state index contributed by atoms with van der Waals surface area (Å²) in [6.45, 7) is 6.25. The maximum Gasteiger partial charge on any atom is 0.407 e. The van der Waals surface area contributed by atoms with E-state index in [-0.39, 0.29) is 29.0 Å². The molecule has 2 aliphatic rings. The first-order chi connectivity index (χ1) is 16.5. The molecule has 2 aliphatic heterocycles. The summed E-state index contributed by atoms with van der Waals surface area (Å²) in [5.41, 5.74) is 1.92. The SMILES string of the molecule is CSc1cc(C)[nH]c(=O)c1CNC(=O)c1cc(Cl)c2c(c1C)OC(C)(C1CCN(C(=O)O)CC1)O2. The summed E-state index contributed by atoms with van der Waals surface area (Å²) in [4.78, 5) is 41.7. The number of aryl methyl sites for hydroxylation is 1. The number of amides is 2. The quantitative estimate of drug-likeness (QED) is 0.505. The van der Waals surface area contributed by atoms with Gasteiger partial charge in [0.2, 0.25) is 0 Å². The van der Waals surface area contributed by atoms with E-state index in [1.54, 1.807) is 13.0 Å². The normalized spacial score (nSPS) is 19.6. The minimum absolute atomic E-state index is 0.0449. The highest BCUT2D eigenvalue weighted by Crippen LogP contribution is 2.51. The fourth-order valence-electron chi connectivity index (χ4n) is 4.64. The van der Waals surface area contributed by atoms with Gasteiger partial charge in [-0.05, 0) is 45.1 Å². The van der Waals surface area contributed by atoms with Crippen LogP contribution in [-0.4, -0.2) is 52.1 Å². The summed E-state index contributed by atoms with van der Waals surface area (Å²) in [6, 6.07) is 3.42. The van der Waals surface area contributed by atoms with Gasteiger partial charge in [0.25, 0.3) is 17.3 Å². The maximum atomic E-state index is 13.1. The van der Waals surface area contributed by atoms with E-state index in [9.17, 15) is 19.5 Å². The second-order valence-corrected chi connectivity index (χ2v) is 10.2. The van der Waals surface area contributed by atoms with Gasteiger partial charge in [0.15, 0.2) is 11.5 Å². The molecule has 3 N–H and O–H groups in total. The van der Waals surface area contributed by atoms with Crippen LogP contribution in [0.15, 0.2) is 21.8 Å². The zero-order chi connectivity index (χ0) is 25.5. The van der Waals surface area contributed by atoms with Crippen LogP contribution in [0.25, 0.3) is 0 Å². The molecule has 0 spiro atoms. The van der Waals surface area contributed by atoms with E-state index in [1.165, 1.54) is 16.7 Å². The topological polar surface area (TPSA) is 121 Å². The van der Waals surface area contributed by atoms with Crippen LogP contribution < -0.4 is 20.3 Å². The number of H-pyrrole nitrogens is 1. The van der Waals surface area contributed by atoms with Crippen molar-refractivity contribution in [1.82, 2.24) is 15.2 Å². The molecule has 35 heavy (non-hydrogen) atoms. The van der Waals surface area contributed by atoms with Crippen molar-refractivity contribution in [1.29, 1.82) is 0 Å². The molecule has 1 atom stereocenters. The highest BCUT2D eigenvalue weighted by Gasteiger charge is 2.47. The molecule has 1 aromatic heterocycles. The Morgan fingerprint density at radius 1 is 1.26 bits per heavy atom. The van der Waals surface area contributed by atoms with Crippen LogP contribution >= 0.6 is 23.4 Å². The standard InChI is InChI=1S/C24H28ClN3O6S/c1-12-9-18(35-4)16(22(30)27-12)11-26-21(29)15-10-17(25)20-19(13(15)2)33-24(3,34-20)14-5-7-28(8-6-14)23(31)32/h9-10,14H,5-8,11H2,1-4H3,(H,26,29)(H,27,30)(H,31,32). The molecule has 1 aromatic carbocycles. The molecule has 0 radical (unpaired) electrons. The van der Waals surface area contributed by atoms with Gasteiger partial charge in [0.1, 0.15) is 0 Å². The average Bonchev–Trinajstić information content (AvgIpc) is 3.20. The largest absolute Gasteiger partial charge is 0.465 e. The van der Waals surface area contributed by atoms with Crippen molar-refractivity contribution in [2.45, 2.75) is 50.8 Å². The summed E-state index contributed by atoms with van der Waals surface area (Å²) in [7, 11) is 0. The molecular formula is C24H28ClN3O6S. The minimum atomic E-state index is -1.02. The fourth-order valence-corrected chi connectivity index (χ4v) is 5.58. The van der Waals surface area contributed by atoms with Crippen LogP contribution in [0.4, 0.5) is 4.79 Å². The van der Waals surface area contributed by atoms with Crippen molar-refractivity contribution in [2.75, 3.05) is 19.3 Å². The van der Waals surface area contributed by atoms with E-state index in [2.05, 4.69) is 10.3 Å². The lowest BCUT2D eigenvalue weighted by Gasteiger charge is -2.37. The van der Waals surface area contributed by atoms with Gasteiger partial charge in [0.05, 0.1) is 5.02 Å². The average molecular weight is 522 g/mol. The first kappa shape index (κ1) is 25.2. The van der Waals surface area contributed by atoms with Crippen molar-refractivity contribution >= 4 is 35.4 Å². The van der Waals surface area contributed by atoms with Crippen LogP contribution in [0.2, 0.25) is 5.02 Å². The van der Waals surface area contributed by atoms with E-state index < -0.39 is 11.9 Å². The predicted molar refractivity (Wildman–Crippen MR) is 133 cm³/mol. The molecule has 1 saturated heterocycles. The highest BCUT2D eigenvalue weighted by molar-refractivity contribution is 7.98. The number of halogens is 1. The summed E-state index contributed by atoms with van der Waals surface area (Å²) in [5.74, 6) is -0.659. The van der Waals surface area contributed by atoms with Crippen LogP contribution in [0.3, 0.4) is 0 Å². The number of nitrogens with one attached hydrogen (secondary N) is 2. The van der Waals surface area contributed by atoms with Crippen molar-refractivity contribution in [3.63, 3.8) is 0 Å². The Hall–Kier alpha value is -2.85. The number of carbonyl (C=O) groups is 2. The van der Waals surface area contributed by atoms with Crippen molar-refractivity contribution < 1.29 is 24.2 Å². The molecule has 2 aromatic rings. The number of aromatic nitrogens is 1. The Kier molecular flexibility index (Phi) is 6.97. The van der Waals surface area contributed by atoms with Crippen molar-refractivity contribution in [3.8, 4) is 11.5 Å². The number of piperidine rings is 1. The van der Waals surface area contributed by atoms with Gasteiger partial charge in [-0.1, -0.05) is 11.6 Å². The number of likely N-dealkylation sites (tertiary alicyclic amines) is 1. The number of thioether (sulfide) groups is 1. The van der Waals surface area contributed by atoms with Gasteiger partial charge in [-0.25, -0.2) is 4.79 Å². The first-order valence-electron chi connectivity index (χ1n) is 11.3. The molecule has 1 unspecified atom stereocenters. The third kappa shape index (κ3) is 4.81. The molecule has 4 rings (SSSR count). The zero-order valence-corrected chi connectivity index (χ0v) is 21.6. The Bertz CT molecular complexity index is 1240. The Balaban J connectivity index is 1.53. The fraction of sp³-hybridized carbons (Fsp3) is 0.458. The van der Waals surface area contributed by atoms with E-state index in [1.807, 2.05) is 26.2 Å². The van der Waals surface area contributed by atoms with Crippen LogP contribution in [0.5, 0.6) is 11.5 Å². The number of ether oxygens (including phenoxy) is 2. The number of nitrogens with zero attached hydrogens (tertiary/aromatic N) is 1. The van der Waals surface area contributed by atoms with Crippen molar-refractivity contribution in [2.24, 2.45) is 5.92 Å². The van der Waals surface area contributed by atoms with Crippen LogP contribution in [0, 0.1) is 19.8 Å². The molecule has 1 fully saturated rings. The molecule has 11 heteroatoms. The van der Waals surface area contributed by atoms with E-state index in [0.29, 0.717) is 54.1 Å². The lowest BCUT2D eigenvalue weighted by atomic mass is 9.89. The summed E-state index contributed by atoms with van der Waals surface area (Å²) in [5, 5.41) is 12.3. The second-order valence-electron chi connectivity index (χ2n) is 8.96. The number of hydrogen-bond donors (Lipinski definition) is 3. The molecular weight excluding hydrogens is 494 g/mol. The van der Waals surface area contributed by atoms with E-state index >= 15 is 0 Å². The Labute approximate surface area is 212 Å².